The molecule has 1 aliphatic heterocycles. The zero-order valence-electron chi connectivity index (χ0n) is 18.0. The summed E-state index contributed by atoms with van der Waals surface area (Å²) in [4.78, 5) is 18.8. The van der Waals surface area contributed by atoms with Gasteiger partial charge < -0.3 is 4.90 Å². The highest BCUT2D eigenvalue weighted by atomic mass is 32.2. The van der Waals surface area contributed by atoms with Crippen molar-refractivity contribution >= 4 is 43.2 Å². The van der Waals surface area contributed by atoms with Crippen molar-refractivity contribution in [2.45, 2.75) is 43.7 Å². The van der Waals surface area contributed by atoms with Gasteiger partial charge in [0.1, 0.15) is 16.1 Å². The van der Waals surface area contributed by atoms with Gasteiger partial charge >= 0.3 is 0 Å². The van der Waals surface area contributed by atoms with Gasteiger partial charge in [-0.2, -0.15) is 0 Å². The summed E-state index contributed by atoms with van der Waals surface area (Å²) in [5.41, 5.74) is 1.65. The zero-order valence-corrected chi connectivity index (χ0v) is 19.7. The lowest BCUT2D eigenvalue weighted by Gasteiger charge is -2.37. The summed E-state index contributed by atoms with van der Waals surface area (Å²) < 4.78 is 43.9. The van der Waals surface area contributed by atoms with Gasteiger partial charge in [0.15, 0.2) is 0 Å². The molecule has 1 N–H and O–H groups in total. The molecule has 0 bridgehead atoms. The van der Waals surface area contributed by atoms with Crippen LogP contribution in [-0.2, 0) is 10.0 Å². The first-order valence-corrected chi connectivity index (χ1v) is 13.0. The number of nitrogens with one attached hydrogen (secondary N) is 1. The van der Waals surface area contributed by atoms with E-state index in [4.69, 9.17) is 0 Å². The second-order valence-electron chi connectivity index (χ2n) is 8.68. The first kappa shape index (κ1) is 22.7. The van der Waals surface area contributed by atoms with E-state index in [0.717, 1.165) is 4.70 Å². The Morgan fingerprint density at radius 2 is 1.88 bits per heavy atom. The number of aromatic nitrogens is 1. The molecule has 1 amide bonds. The molecule has 1 saturated heterocycles. The zero-order chi connectivity index (χ0) is 22.9. The minimum absolute atomic E-state index is 0.112. The number of alkyl halides is 1. The summed E-state index contributed by atoms with van der Waals surface area (Å²) >= 11 is 1.38. The molecule has 9 heteroatoms. The summed E-state index contributed by atoms with van der Waals surface area (Å²) in [6.07, 6.45) is 1.20. The molecule has 0 spiro atoms. The van der Waals surface area contributed by atoms with Gasteiger partial charge in [-0.25, -0.2) is 17.8 Å². The van der Waals surface area contributed by atoms with Gasteiger partial charge in [-0.1, -0.05) is 19.9 Å². The molecule has 0 radical (unpaired) electrons. The maximum atomic E-state index is 14.9. The lowest BCUT2D eigenvalue weighted by molar-refractivity contribution is 0.0339. The number of sulfonamides is 1. The topological polar surface area (TPSA) is 79.4 Å². The number of hydrogen-bond donors (Lipinski definition) is 1. The first-order chi connectivity index (χ1) is 15.2. The van der Waals surface area contributed by atoms with E-state index in [1.54, 1.807) is 40.7 Å². The van der Waals surface area contributed by atoms with Crippen LogP contribution in [0.25, 0.3) is 10.2 Å². The molecule has 1 fully saturated rings. The molecule has 0 aliphatic carbocycles. The van der Waals surface area contributed by atoms with Gasteiger partial charge in [-0.3, -0.25) is 9.52 Å². The van der Waals surface area contributed by atoms with E-state index >= 15 is 0 Å². The molecule has 3 aromatic rings. The van der Waals surface area contributed by atoms with Crippen LogP contribution in [0.4, 0.5) is 10.1 Å². The van der Waals surface area contributed by atoms with Crippen molar-refractivity contribution in [3.05, 3.63) is 53.5 Å². The fourth-order valence-corrected chi connectivity index (χ4v) is 6.20. The van der Waals surface area contributed by atoms with Gasteiger partial charge in [-0.05, 0) is 61.6 Å². The Morgan fingerprint density at radius 3 is 2.53 bits per heavy atom. The Morgan fingerprint density at radius 1 is 1.19 bits per heavy atom. The fourth-order valence-electron chi connectivity index (χ4n) is 4.20. The number of para-hydroxylation sites is 1. The van der Waals surface area contributed by atoms with E-state index in [-0.39, 0.29) is 16.7 Å². The molecule has 2 aromatic carbocycles. The van der Waals surface area contributed by atoms with Crippen LogP contribution in [0.2, 0.25) is 0 Å². The molecule has 2 heterocycles. The van der Waals surface area contributed by atoms with Crippen molar-refractivity contribution in [3.8, 4) is 0 Å². The maximum absolute atomic E-state index is 14.9. The van der Waals surface area contributed by atoms with E-state index in [1.807, 2.05) is 19.9 Å². The van der Waals surface area contributed by atoms with Crippen LogP contribution in [0.15, 0.2) is 52.9 Å². The lowest BCUT2D eigenvalue weighted by Crippen LogP contribution is -2.45. The number of amides is 1. The van der Waals surface area contributed by atoms with Gasteiger partial charge in [-0.15, -0.1) is 11.3 Å². The van der Waals surface area contributed by atoms with Gasteiger partial charge in [0.2, 0.25) is 0 Å². The molecular formula is C23H26FN3O3S2. The monoisotopic (exact) mass is 475 g/mol. The van der Waals surface area contributed by atoms with Gasteiger partial charge in [0.25, 0.3) is 15.9 Å². The predicted molar refractivity (Wildman–Crippen MR) is 125 cm³/mol. The largest absolute Gasteiger partial charge is 0.338 e. The number of thiazole rings is 1. The van der Waals surface area contributed by atoms with E-state index in [1.165, 1.54) is 17.4 Å². The maximum Gasteiger partial charge on any atom is 0.264 e. The number of carbonyl (C=O) groups excluding carboxylic acids is 1. The minimum atomic E-state index is -3.83. The van der Waals surface area contributed by atoms with Gasteiger partial charge in [0, 0.05) is 24.3 Å². The third kappa shape index (κ3) is 4.78. The second-order valence-corrected chi connectivity index (χ2v) is 11.2. The highest BCUT2D eigenvalue weighted by Gasteiger charge is 2.36. The van der Waals surface area contributed by atoms with E-state index < -0.39 is 15.7 Å². The third-order valence-corrected chi connectivity index (χ3v) is 7.92. The normalized spacial score (nSPS) is 16.4. The van der Waals surface area contributed by atoms with Gasteiger partial charge in [0.05, 0.1) is 10.2 Å². The molecule has 0 atom stereocenters. The minimum Gasteiger partial charge on any atom is -0.338 e. The van der Waals surface area contributed by atoms with Crippen molar-refractivity contribution in [1.82, 2.24) is 9.88 Å². The average molecular weight is 476 g/mol. The van der Waals surface area contributed by atoms with E-state index in [2.05, 4.69) is 9.71 Å². The molecule has 1 aliphatic rings. The summed E-state index contributed by atoms with van der Waals surface area (Å²) in [6.45, 7) is 4.78. The average Bonchev–Trinajstić information content (AvgIpc) is 3.22. The van der Waals surface area contributed by atoms with Crippen molar-refractivity contribution in [3.63, 3.8) is 0 Å². The van der Waals surface area contributed by atoms with Crippen LogP contribution in [0, 0.1) is 5.92 Å². The standard InChI is InChI=1S/C23H26FN3O3S2/c1-16(2)14-23(24)10-12-27(13-11-23)22(28)17-6-8-18(9-7-17)26-32(29,30)20-5-3-4-19-21(20)25-15-31-19/h3-9,15-16,26H,10-14H2,1-2H3. The first-order valence-electron chi connectivity index (χ1n) is 10.6. The number of halogens is 1. The molecule has 32 heavy (non-hydrogen) atoms. The molecule has 4 rings (SSSR count). The highest BCUT2D eigenvalue weighted by Crippen LogP contribution is 2.33. The Labute approximate surface area is 191 Å². The van der Waals surface area contributed by atoms with E-state index in [0.29, 0.717) is 49.1 Å². The Bertz CT molecular complexity index is 1210. The molecule has 0 saturated carbocycles. The second kappa shape index (κ2) is 8.78. The number of likely N-dealkylation sites (tertiary alicyclic amines) is 1. The predicted octanol–water partition coefficient (Wildman–Crippen LogP) is 5.09. The van der Waals surface area contributed by atoms with Crippen LogP contribution < -0.4 is 4.72 Å². The highest BCUT2D eigenvalue weighted by molar-refractivity contribution is 7.93. The van der Waals surface area contributed by atoms with Crippen LogP contribution in [0.1, 0.15) is 43.5 Å². The number of piperidine rings is 1. The fraction of sp³-hybridized carbons (Fsp3) is 0.391. The van der Waals surface area contributed by atoms with Crippen molar-refractivity contribution < 1.29 is 17.6 Å². The van der Waals surface area contributed by atoms with Crippen molar-refractivity contribution in [2.24, 2.45) is 5.92 Å². The van der Waals surface area contributed by atoms with Crippen LogP contribution >= 0.6 is 11.3 Å². The Kier molecular flexibility index (Phi) is 6.22. The molecule has 1 aromatic heterocycles. The summed E-state index contributed by atoms with van der Waals surface area (Å²) in [7, 11) is -3.83. The SMILES string of the molecule is CC(C)CC1(F)CCN(C(=O)c2ccc(NS(=O)(=O)c3cccc4scnc34)cc2)CC1. The van der Waals surface area contributed by atoms with Crippen LogP contribution in [0.3, 0.4) is 0 Å². The number of fused-ring (bicyclic) bond motifs is 1. The summed E-state index contributed by atoms with van der Waals surface area (Å²) in [5.74, 6) is 0.110. The molecule has 0 unspecified atom stereocenters. The number of anilines is 1. The lowest BCUT2D eigenvalue weighted by atomic mass is 9.85. The Hall–Kier alpha value is -2.52. The van der Waals surface area contributed by atoms with Crippen molar-refractivity contribution in [2.75, 3.05) is 17.8 Å². The number of carbonyl (C=O) groups is 1. The quantitative estimate of drug-likeness (QED) is 0.539. The Balaban J connectivity index is 1.43. The number of benzene rings is 2. The van der Waals surface area contributed by atoms with Crippen molar-refractivity contribution in [1.29, 1.82) is 0 Å². The molecular weight excluding hydrogens is 449 g/mol. The molecule has 170 valence electrons. The number of hydrogen-bond acceptors (Lipinski definition) is 5. The summed E-state index contributed by atoms with van der Waals surface area (Å²) in [6, 6.07) is 11.3. The smallest absolute Gasteiger partial charge is 0.264 e. The number of nitrogens with zero attached hydrogens (tertiary/aromatic N) is 2. The summed E-state index contributed by atoms with van der Waals surface area (Å²) in [5, 5.41) is 0. The van der Waals surface area contributed by atoms with Crippen LogP contribution in [0.5, 0.6) is 0 Å². The van der Waals surface area contributed by atoms with Crippen LogP contribution in [-0.4, -0.2) is 43.0 Å². The number of rotatable bonds is 6. The third-order valence-electron chi connectivity index (χ3n) is 5.72. The van der Waals surface area contributed by atoms with E-state index in [9.17, 15) is 17.6 Å². The molecule has 6 nitrogen and oxygen atoms in total.